The first-order valence-corrected chi connectivity index (χ1v) is 7.96. The molecule has 0 aromatic rings. The average Bonchev–Trinajstić information content (AvgIpc) is 2.52. The van der Waals surface area contributed by atoms with Crippen molar-refractivity contribution < 1.29 is 28.2 Å². The third kappa shape index (κ3) is 3.21. The molecule has 6 nitrogen and oxygen atoms in total. The molecule has 1 aliphatic carbocycles. The molecule has 0 aromatic carbocycles. The smallest absolute Gasteiger partial charge is 0.306 e. The number of aliphatic hydroxyl groups excluding tert-OH is 1. The third-order valence-corrected chi connectivity index (χ3v) is 5.35. The lowest BCUT2D eigenvalue weighted by Crippen LogP contribution is -2.34. The Hall–Kier alpha value is -0.660. The Labute approximate surface area is 106 Å². The lowest BCUT2D eigenvalue weighted by atomic mass is 9.87. The molecular weight excluding hydrogens is 260 g/mol. The highest BCUT2D eigenvalue weighted by Crippen LogP contribution is 2.29. The first-order valence-electron chi connectivity index (χ1n) is 6.14. The molecular formula is C11H18O6S. The largest absolute Gasteiger partial charge is 0.481 e. The number of ether oxygens (including phenoxy) is 1. The Morgan fingerprint density at radius 3 is 2.17 bits per heavy atom. The summed E-state index contributed by atoms with van der Waals surface area (Å²) in [4.78, 5) is 10.8. The monoisotopic (exact) mass is 278 g/mol. The van der Waals surface area contributed by atoms with Gasteiger partial charge in [0, 0.05) is 0 Å². The molecule has 2 fully saturated rings. The Kier molecular flexibility index (Phi) is 3.93. The molecule has 0 radical (unpaired) electrons. The maximum absolute atomic E-state index is 11.3. The number of carboxylic acids is 1. The van der Waals surface area contributed by atoms with E-state index in [1.807, 2.05) is 0 Å². The highest BCUT2D eigenvalue weighted by atomic mass is 32.2. The maximum atomic E-state index is 11.3. The molecule has 2 unspecified atom stereocenters. The van der Waals surface area contributed by atoms with Crippen LogP contribution in [0.5, 0.6) is 0 Å². The molecule has 2 N–H and O–H groups in total. The van der Waals surface area contributed by atoms with Crippen molar-refractivity contribution in [2.24, 2.45) is 5.92 Å². The van der Waals surface area contributed by atoms with Crippen molar-refractivity contribution in [1.29, 1.82) is 0 Å². The molecule has 1 saturated heterocycles. The van der Waals surface area contributed by atoms with Gasteiger partial charge in [0.15, 0.2) is 9.84 Å². The average molecular weight is 278 g/mol. The zero-order valence-corrected chi connectivity index (χ0v) is 10.8. The fourth-order valence-electron chi connectivity index (χ4n) is 2.62. The van der Waals surface area contributed by atoms with E-state index in [0.29, 0.717) is 25.7 Å². The molecule has 0 aromatic heterocycles. The van der Waals surface area contributed by atoms with Crippen LogP contribution in [0.15, 0.2) is 0 Å². The van der Waals surface area contributed by atoms with Gasteiger partial charge < -0.3 is 14.9 Å². The quantitative estimate of drug-likeness (QED) is 0.741. The van der Waals surface area contributed by atoms with E-state index < -0.39 is 28.0 Å². The summed E-state index contributed by atoms with van der Waals surface area (Å²) in [5.41, 5.74) is 0. The van der Waals surface area contributed by atoms with E-state index in [0.717, 1.165) is 0 Å². The van der Waals surface area contributed by atoms with Gasteiger partial charge in [-0.25, -0.2) is 8.42 Å². The minimum atomic E-state index is -3.19. The van der Waals surface area contributed by atoms with Crippen LogP contribution in [0.2, 0.25) is 0 Å². The van der Waals surface area contributed by atoms with Crippen LogP contribution in [-0.4, -0.2) is 54.4 Å². The second-order valence-corrected chi connectivity index (χ2v) is 7.28. The number of rotatable bonds is 3. The standard InChI is InChI=1S/C11H18O6S/c12-9-5-18(15,16)6-10(9)17-8-3-1-7(2-4-8)11(13)14/h7-10,12H,1-6H2,(H,13,14). The second kappa shape index (κ2) is 5.14. The molecule has 0 spiro atoms. The Balaban J connectivity index is 1.84. The van der Waals surface area contributed by atoms with E-state index in [1.165, 1.54) is 0 Å². The van der Waals surface area contributed by atoms with Crippen molar-refractivity contribution in [3.05, 3.63) is 0 Å². The number of carbonyl (C=O) groups is 1. The highest BCUT2D eigenvalue weighted by molar-refractivity contribution is 7.91. The normalized spacial score (nSPS) is 39.6. The Bertz CT molecular complexity index is 409. The van der Waals surface area contributed by atoms with Gasteiger partial charge in [0.1, 0.15) is 0 Å². The summed E-state index contributed by atoms with van der Waals surface area (Å²) >= 11 is 0. The number of sulfone groups is 1. The van der Waals surface area contributed by atoms with E-state index in [2.05, 4.69) is 0 Å². The first kappa shape index (κ1) is 13.8. The molecule has 2 atom stereocenters. The molecule has 7 heteroatoms. The van der Waals surface area contributed by atoms with Crippen LogP contribution in [0.3, 0.4) is 0 Å². The van der Waals surface area contributed by atoms with Gasteiger partial charge in [-0.15, -0.1) is 0 Å². The summed E-state index contributed by atoms with van der Waals surface area (Å²) in [5, 5.41) is 18.5. The van der Waals surface area contributed by atoms with Crippen molar-refractivity contribution in [2.75, 3.05) is 11.5 Å². The molecule has 104 valence electrons. The van der Waals surface area contributed by atoms with Crippen LogP contribution in [-0.2, 0) is 19.4 Å². The Morgan fingerprint density at radius 2 is 1.72 bits per heavy atom. The zero-order valence-electron chi connectivity index (χ0n) is 9.99. The number of hydrogen-bond acceptors (Lipinski definition) is 5. The van der Waals surface area contributed by atoms with E-state index in [9.17, 15) is 18.3 Å². The van der Waals surface area contributed by atoms with Crippen LogP contribution in [0, 0.1) is 5.92 Å². The van der Waals surface area contributed by atoms with E-state index in [1.54, 1.807) is 0 Å². The minimum Gasteiger partial charge on any atom is -0.481 e. The topological polar surface area (TPSA) is 101 Å². The summed E-state index contributed by atoms with van der Waals surface area (Å²) < 4.78 is 28.2. The lowest BCUT2D eigenvalue weighted by molar-refractivity contribution is -0.144. The number of aliphatic hydroxyl groups is 1. The van der Waals surface area contributed by atoms with E-state index >= 15 is 0 Å². The van der Waals surface area contributed by atoms with Gasteiger partial charge in [-0.2, -0.15) is 0 Å². The van der Waals surface area contributed by atoms with Crippen LogP contribution < -0.4 is 0 Å². The summed E-state index contributed by atoms with van der Waals surface area (Å²) in [7, 11) is -3.19. The summed E-state index contributed by atoms with van der Waals surface area (Å²) in [6.07, 6.45) is 0.591. The minimum absolute atomic E-state index is 0.131. The molecule has 1 aliphatic heterocycles. The fraction of sp³-hybridized carbons (Fsp3) is 0.909. The first-order chi connectivity index (χ1) is 8.37. The molecule has 0 amide bonds. The SMILES string of the molecule is O=C(O)C1CCC(OC2CS(=O)(=O)CC2O)CC1. The molecule has 2 rings (SSSR count). The maximum Gasteiger partial charge on any atom is 0.306 e. The number of aliphatic carboxylic acids is 1. The van der Waals surface area contributed by atoms with E-state index in [-0.39, 0.29) is 23.5 Å². The van der Waals surface area contributed by atoms with Gasteiger partial charge in [0.2, 0.25) is 0 Å². The van der Waals surface area contributed by atoms with Gasteiger partial charge >= 0.3 is 5.97 Å². The number of hydrogen-bond donors (Lipinski definition) is 2. The molecule has 0 bridgehead atoms. The van der Waals surface area contributed by atoms with Crippen molar-refractivity contribution in [3.8, 4) is 0 Å². The molecule has 2 aliphatic rings. The van der Waals surface area contributed by atoms with Gasteiger partial charge in [-0.1, -0.05) is 0 Å². The van der Waals surface area contributed by atoms with E-state index in [4.69, 9.17) is 9.84 Å². The summed E-state index contributed by atoms with van der Waals surface area (Å²) in [6, 6.07) is 0. The predicted octanol–water partition coefficient (Wildman–Crippen LogP) is -0.196. The van der Waals surface area contributed by atoms with Crippen molar-refractivity contribution in [3.63, 3.8) is 0 Å². The van der Waals surface area contributed by atoms with Gasteiger partial charge in [0.25, 0.3) is 0 Å². The highest BCUT2D eigenvalue weighted by Gasteiger charge is 2.39. The second-order valence-electron chi connectivity index (χ2n) is 5.13. The summed E-state index contributed by atoms with van der Waals surface area (Å²) in [5.74, 6) is -1.46. The predicted molar refractivity (Wildman–Crippen MR) is 62.9 cm³/mol. The number of carboxylic acid groups (broad SMARTS) is 1. The van der Waals surface area contributed by atoms with Gasteiger partial charge in [0.05, 0.1) is 35.7 Å². The van der Waals surface area contributed by atoms with Crippen molar-refractivity contribution in [1.82, 2.24) is 0 Å². The zero-order chi connectivity index (χ0) is 13.3. The third-order valence-electron chi connectivity index (χ3n) is 3.66. The van der Waals surface area contributed by atoms with Crippen LogP contribution in [0.4, 0.5) is 0 Å². The van der Waals surface area contributed by atoms with Gasteiger partial charge in [-0.05, 0) is 25.7 Å². The van der Waals surface area contributed by atoms with Crippen LogP contribution >= 0.6 is 0 Å². The Morgan fingerprint density at radius 1 is 1.11 bits per heavy atom. The van der Waals surface area contributed by atoms with Crippen molar-refractivity contribution in [2.45, 2.75) is 44.0 Å². The summed E-state index contributed by atoms with van der Waals surface area (Å²) in [6.45, 7) is 0. The molecule has 1 saturated carbocycles. The molecule has 18 heavy (non-hydrogen) atoms. The van der Waals surface area contributed by atoms with Gasteiger partial charge in [-0.3, -0.25) is 4.79 Å². The molecule has 1 heterocycles. The van der Waals surface area contributed by atoms with Crippen LogP contribution in [0.1, 0.15) is 25.7 Å². The van der Waals surface area contributed by atoms with Crippen LogP contribution in [0.25, 0.3) is 0 Å². The lowest BCUT2D eigenvalue weighted by Gasteiger charge is -2.29. The fourth-order valence-corrected chi connectivity index (χ4v) is 4.29. The van der Waals surface area contributed by atoms with Crippen molar-refractivity contribution >= 4 is 15.8 Å².